The van der Waals surface area contributed by atoms with Gasteiger partial charge in [0.1, 0.15) is 0 Å². The zero-order chi connectivity index (χ0) is 17.0. The number of nitrogens with zero attached hydrogens (tertiary/aromatic N) is 2. The molecule has 0 bridgehead atoms. The summed E-state index contributed by atoms with van der Waals surface area (Å²) in [6, 6.07) is 9.77. The molecular formula is C20H20N2O2. The van der Waals surface area contributed by atoms with Crippen molar-refractivity contribution in [3.8, 4) is 6.07 Å². The molecule has 4 heteroatoms. The Kier molecular flexibility index (Phi) is 4.73. The number of Topliss-reactive ketones (excluding diaryl/α,β-unsaturated/α-hetero) is 1. The van der Waals surface area contributed by atoms with Crippen molar-refractivity contribution in [2.45, 2.75) is 26.2 Å². The van der Waals surface area contributed by atoms with Gasteiger partial charge in [-0.1, -0.05) is 24.3 Å². The van der Waals surface area contributed by atoms with Gasteiger partial charge in [0, 0.05) is 36.5 Å². The predicted octanol–water partition coefficient (Wildman–Crippen LogP) is 3.79. The van der Waals surface area contributed by atoms with Crippen LogP contribution in [0.1, 0.15) is 37.3 Å². The first-order valence-electron chi connectivity index (χ1n) is 8.21. The highest BCUT2D eigenvalue weighted by Crippen LogP contribution is 2.49. The molecule has 0 aromatic heterocycles. The Labute approximate surface area is 142 Å². The summed E-state index contributed by atoms with van der Waals surface area (Å²) in [6.45, 7) is 3.17. The minimum absolute atomic E-state index is 0.189. The highest BCUT2D eigenvalue weighted by atomic mass is 16.5. The number of ether oxygens (including phenoxy) is 1. The van der Waals surface area contributed by atoms with Crippen LogP contribution in [0.2, 0.25) is 0 Å². The van der Waals surface area contributed by atoms with E-state index >= 15 is 0 Å². The van der Waals surface area contributed by atoms with Crippen LogP contribution >= 0.6 is 0 Å². The smallest absolute Gasteiger partial charge is 0.165 e. The van der Waals surface area contributed by atoms with Gasteiger partial charge in [0.15, 0.2) is 5.78 Å². The van der Waals surface area contributed by atoms with Crippen molar-refractivity contribution in [2.75, 3.05) is 13.2 Å². The third-order valence-corrected chi connectivity index (χ3v) is 4.79. The average molecular weight is 320 g/mol. The second-order valence-corrected chi connectivity index (χ2v) is 6.20. The molecule has 0 amide bonds. The number of hydrogen-bond acceptors (Lipinski definition) is 4. The molecule has 1 aliphatic carbocycles. The Morgan fingerprint density at radius 1 is 1.33 bits per heavy atom. The van der Waals surface area contributed by atoms with Gasteiger partial charge in [0.2, 0.25) is 0 Å². The molecule has 1 spiro atoms. The maximum Gasteiger partial charge on any atom is 0.165 e. The number of allylic oxidation sites excluding steroid dienone is 2. The highest BCUT2D eigenvalue weighted by molar-refractivity contribution is 6.10. The van der Waals surface area contributed by atoms with Crippen LogP contribution in [0.25, 0.3) is 11.8 Å². The van der Waals surface area contributed by atoms with Gasteiger partial charge in [-0.3, -0.25) is 9.79 Å². The summed E-state index contributed by atoms with van der Waals surface area (Å²) in [5.41, 5.74) is 3.08. The van der Waals surface area contributed by atoms with Crippen LogP contribution in [0.15, 0.2) is 40.9 Å². The van der Waals surface area contributed by atoms with E-state index in [1.165, 1.54) is 6.08 Å². The molecule has 1 aromatic carbocycles. The number of nitriles is 1. The first-order chi connectivity index (χ1) is 11.7. The Balaban J connectivity index is 1.91. The minimum Gasteiger partial charge on any atom is -0.381 e. The molecule has 122 valence electrons. The van der Waals surface area contributed by atoms with Gasteiger partial charge < -0.3 is 4.74 Å². The lowest BCUT2D eigenvalue weighted by atomic mass is 9.60. The Bertz CT molecular complexity index is 775. The zero-order valence-corrected chi connectivity index (χ0v) is 13.8. The molecule has 1 aliphatic heterocycles. The van der Waals surface area contributed by atoms with E-state index in [1.54, 1.807) is 6.21 Å². The quantitative estimate of drug-likeness (QED) is 0.483. The second kappa shape index (κ2) is 6.94. The molecule has 0 unspecified atom stereocenters. The summed E-state index contributed by atoms with van der Waals surface area (Å²) in [5, 5.41) is 8.98. The molecule has 0 N–H and O–H groups in total. The lowest BCUT2D eigenvalue weighted by molar-refractivity contribution is -0.137. The largest absolute Gasteiger partial charge is 0.381 e. The fraction of sp³-hybridized carbons (Fsp3) is 0.350. The molecule has 0 radical (unpaired) electrons. The van der Waals surface area contributed by atoms with Crippen LogP contribution in [0, 0.1) is 16.7 Å². The summed E-state index contributed by atoms with van der Waals surface area (Å²) in [5.74, 6) is 0.255. The van der Waals surface area contributed by atoms with E-state index in [0.717, 1.165) is 36.0 Å². The summed E-state index contributed by atoms with van der Waals surface area (Å²) in [6.07, 6.45) is 7.51. The van der Waals surface area contributed by atoms with Crippen molar-refractivity contribution < 1.29 is 9.53 Å². The molecule has 0 atom stereocenters. The number of rotatable bonds is 3. The van der Waals surface area contributed by atoms with Gasteiger partial charge >= 0.3 is 0 Å². The molecule has 1 saturated carbocycles. The lowest BCUT2D eigenvalue weighted by Gasteiger charge is -2.44. The van der Waals surface area contributed by atoms with Gasteiger partial charge in [-0.05, 0) is 43.4 Å². The predicted molar refractivity (Wildman–Crippen MR) is 94.3 cm³/mol. The van der Waals surface area contributed by atoms with Crippen molar-refractivity contribution in [3.63, 3.8) is 0 Å². The monoisotopic (exact) mass is 320 g/mol. The summed E-state index contributed by atoms with van der Waals surface area (Å²) in [4.78, 5) is 16.9. The average Bonchev–Trinajstić information content (AvgIpc) is 2.62. The van der Waals surface area contributed by atoms with E-state index in [0.29, 0.717) is 18.9 Å². The van der Waals surface area contributed by atoms with E-state index in [4.69, 9.17) is 10.00 Å². The van der Waals surface area contributed by atoms with Gasteiger partial charge in [-0.25, -0.2) is 0 Å². The summed E-state index contributed by atoms with van der Waals surface area (Å²) >= 11 is 0. The SMILES string of the molecule is CC=N/C(=C\C#N)c1ccccc1/C=C1\CC2(CCOCC2)C1=O. The summed E-state index contributed by atoms with van der Waals surface area (Å²) < 4.78 is 5.38. The van der Waals surface area contributed by atoms with Crippen molar-refractivity contribution in [1.29, 1.82) is 5.26 Å². The number of carbonyl (C=O) groups is 1. The topological polar surface area (TPSA) is 62.4 Å². The van der Waals surface area contributed by atoms with Crippen LogP contribution < -0.4 is 0 Å². The lowest BCUT2D eigenvalue weighted by Crippen LogP contribution is -2.46. The van der Waals surface area contributed by atoms with Crippen molar-refractivity contribution in [3.05, 3.63) is 47.0 Å². The normalized spacial score (nSPS) is 21.9. The first-order valence-corrected chi connectivity index (χ1v) is 8.21. The Morgan fingerprint density at radius 3 is 2.75 bits per heavy atom. The fourth-order valence-corrected chi connectivity index (χ4v) is 3.47. The van der Waals surface area contributed by atoms with Crippen molar-refractivity contribution >= 4 is 23.8 Å². The maximum absolute atomic E-state index is 12.7. The van der Waals surface area contributed by atoms with Gasteiger partial charge in [-0.15, -0.1) is 0 Å². The van der Waals surface area contributed by atoms with E-state index in [1.807, 2.05) is 43.3 Å². The minimum atomic E-state index is -0.189. The van der Waals surface area contributed by atoms with Crippen LogP contribution in [0.4, 0.5) is 0 Å². The number of hydrogen-bond donors (Lipinski definition) is 0. The first kappa shape index (κ1) is 16.4. The molecule has 1 saturated heterocycles. The van der Waals surface area contributed by atoms with Gasteiger partial charge in [0.25, 0.3) is 0 Å². The van der Waals surface area contributed by atoms with E-state index < -0.39 is 0 Å². The molecule has 24 heavy (non-hydrogen) atoms. The van der Waals surface area contributed by atoms with Crippen LogP contribution in [0.5, 0.6) is 0 Å². The van der Waals surface area contributed by atoms with E-state index in [2.05, 4.69) is 4.99 Å². The number of ketones is 1. The molecule has 1 aromatic rings. The van der Waals surface area contributed by atoms with E-state index in [-0.39, 0.29) is 11.2 Å². The third kappa shape index (κ3) is 2.95. The maximum atomic E-state index is 12.7. The fourth-order valence-electron chi connectivity index (χ4n) is 3.47. The Hall–Kier alpha value is -2.51. The number of benzene rings is 1. The van der Waals surface area contributed by atoms with E-state index in [9.17, 15) is 4.79 Å². The Morgan fingerprint density at radius 2 is 2.08 bits per heavy atom. The second-order valence-electron chi connectivity index (χ2n) is 6.20. The van der Waals surface area contributed by atoms with Gasteiger partial charge in [0.05, 0.1) is 11.8 Å². The van der Waals surface area contributed by atoms with Crippen LogP contribution in [-0.4, -0.2) is 25.2 Å². The standard InChI is InChI=1S/C20H20N2O2/c1-2-22-18(7-10-21)17-6-4-3-5-15(17)13-16-14-20(19(16)23)8-11-24-12-9-20/h2-7,13H,8-9,11-12,14H2,1H3/b16-13+,18-7-,22-2?. The summed E-state index contributed by atoms with van der Waals surface area (Å²) in [7, 11) is 0. The third-order valence-electron chi connectivity index (χ3n) is 4.79. The molecule has 1 heterocycles. The van der Waals surface area contributed by atoms with Crippen LogP contribution in [0.3, 0.4) is 0 Å². The van der Waals surface area contributed by atoms with Crippen LogP contribution in [-0.2, 0) is 9.53 Å². The molecule has 3 rings (SSSR count). The number of aliphatic imine (C=N–C) groups is 1. The molecular weight excluding hydrogens is 300 g/mol. The van der Waals surface area contributed by atoms with Crippen molar-refractivity contribution in [1.82, 2.24) is 0 Å². The number of carbonyl (C=O) groups excluding carboxylic acids is 1. The molecule has 2 aliphatic rings. The highest BCUT2D eigenvalue weighted by Gasteiger charge is 2.50. The molecule has 4 nitrogen and oxygen atoms in total. The van der Waals surface area contributed by atoms with Crippen molar-refractivity contribution in [2.24, 2.45) is 10.4 Å². The van der Waals surface area contributed by atoms with Gasteiger partial charge in [-0.2, -0.15) is 5.26 Å². The zero-order valence-electron chi connectivity index (χ0n) is 13.8. The molecule has 2 fully saturated rings.